The molecule has 0 bridgehead atoms. The highest BCUT2D eigenvalue weighted by atomic mass is 16.6. The lowest BCUT2D eigenvalue weighted by molar-refractivity contribution is -0.165. The van der Waals surface area contributed by atoms with Gasteiger partial charge >= 0.3 is 11.9 Å². The minimum Gasteiger partial charge on any atom is -0.481 e. The molecule has 0 amide bonds. The van der Waals surface area contributed by atoms with E-state index in [0.29, 0.717) is 19.3 Å². The number of rotatable bonds is 3. The van der Waals surface area contributed by atoms with E-state index in [4.69, 9.17) is 10.5 Å². The molecule has 0 radical (unpaired) electrons. The summed E-state index contributed by atoms with van der Waals surface area (Å²) in [5, 5.41) is 9.29. The van der Waals surface area contributed by atoms with Crippen molar-refractivity contribution in [2.24, 2.45) is 17.1 Å². The van der Waals surface area contributed by atoms with Gasteiger partial charge in [0.05, 0.1) is 11.3 Å². The number of hydrogen-bond acceptors (Lipinski definition) is 4. The minimum absolute atomic E-state index is 0.0711. The Hall–Kier alpha value is -1.10. The molecule has 5 nitrogen and oxygen atoms in total. The third kappa shape index (κ3) is 3.45. The van der Waals surface area contributed by atoms with Crippen molar-refractivity contribution >= 4 is 11.9 Å². The molecule has 0 aromatic rings. The zero-order valence-electron chi connectivity index (χ0n) is 11.4. The average Bonchev–Trinajstić information content (AvgIpc) is 2.26. The maximum Gasteiger partial charge on any atom is 0.310 e. The van der Waals surface area contributed by atoms with E-state index < -0.39 is 17.0 Å². The Morgan fingerprint density at radius 3 is 2.50 bits per heavy atom. The van der Waals surface area contributed by atoms with Crippen LogP contribution in [0.15, 0.2) is 0 Å². The first-order valence-corrected chi connectivity index (χ1v) is 6.36. The molecular weight excluding hydrogens is 234 g/mol. The molecule has 5 heteroatoms. The Morgan fingerprint density at radius 1 is 1.44 bits per heavy atom. The summed E-state index contributed by atoms with van der Waals surface area (Å²) in [6.07, 6.45) is 2.21. The Balaban J connectivity index is 2.75. The van der Waals surface area contributed by atoms with Crippen LogP contribution in [0.4, 0.5) is 0 Å². The summed E-state index contributed by atoms with van der Waals surface area (Å²) in [6, 6.07) is 0. The lowest BCUT2D eigenvalue weighted by Gasteiger charge is -2.36. The van der Waals surface area contributed by atoms with Gasteiger partial charge < -0.3 is 15.6 Å². The summed E-state index contributed by atoms with van der Waals surface area (Å²) in [4.78, 5) is 23.3. The molecule has 0 spiro atoms. The van der Waals surface area contributed by atoms with Gasteiger partial charge in [-0.05, 0) is 40.0 Å². The Morgan fingerprint density at radius 2 is 2.06 bits per heavy atom. The van der Waals surface area contributed by atoms with E-state index in [1.165, 1.54) is 0 Å². The molecule has 0 aromatic heterocycles. The minimum atomic E-state index is -0.959. The van der Waals surface area contributed by atoms with Gasteiger partial charge in [-0.25, -0.2) is 0 Å². The number of carboxylic acids is 1. The summed E-state index contributed by atoms with van der Waals surface area (Å²) >= 11 is 0. The van der Waals surface area contributed by atoms with Gasteiger partial charge in [-0.3, -0.25) is 9.59 Å². The smallest absolute Gasteiger partial charge is 0.310 e. The highest BCUT2D eigenvalue weighted by Gasteiger charge is 2.44. The van der Waals surface area contributed by atoms with Gasteiger partial charge in [0.15, 0.2) is 0 Å². The van der Waals surface area contributed by atoms with Crippen LogP contribution in [-0.2, 0) is 14.3 Å². The molecule has 1 saturated carbocycles. The molecule has 18 heavy (non-hydrogen) atoms. The van der Waals surface area contributed by atoms with E-state index in [-0.39, 0.29) is 24.9 Å². The quantitative estimate of drug-likeness (QED) is 0.749. The fraction of sp³-hybridized carbons (Fsp3) is 0.846. The monoisotopic (exact) mass is 257 g/mol. The lowest BCUT2D eigenvalue weighted by atomic mass is 9.69. The van der Waals surface area contributed by atoms with Crippen LogP contribution in [0.5, 0.6) is 0 Å². The number of esters is 1. The highest BCUT2D eigenvalue weighted by Crippen LogP contribution is 2.39. The predicted molar refractivity (Wildman–Crippen MR) is 66.9 cm³/mol. The van der Waals surface area contributed by atoms with Crippen LogP contribution in [0.3, 0.4) is 0 Å². The summed E-state index contributed by atoms with van der Waals surface area (Å²) in [6.45, 7) is 5.49. The van der Waals surface area contributed by atoms with Crippen LogP contribution < -0.4 is 5.73 Å². The van der Waals surface area contributed by atoms with E-state index in [9.17, 15) is 14.7 Å². The van der Waals surface area contributed by atoms with Crippen molar-refractivity contribution < 1.29 is 19.4 Å². The topological polar surface area (TPSA) is 89.6 Å². The summed E-state index contributed by atoms with van der Waals surface area (Å²) in [5.41, 5.74) is 4.10. The van der Waals surface area contributed by atoms with Crippen molar-refractivity contribution in [2.45, 2.75) is 52.1 Å². The SMILES string of the molecule is CC(C)(C)OC(=O)C1CCCC(CN)(C(=O)O)C1. The van der Waals surface area contributed by atoms with Crippen molar-refractivity contribution in [3.05, 3.63) is 0 Å². The van der Waals surface area contributed by atoms with Gasteiger partial charge in [-0.2, -0.15) is 0 Å². The van der Waals surface area contributed by atoms with E-state index in [0.717, 1.165) is 0 Å². The molecule has 0 aromatic carbocycles. The number of aliphatic carboxylic acids is 1. The Kier molecular flexibility index (Phi) is 4.37. The summed E-state index contributed by atoms with van der Waals surface area (Å²) in [7, 11) is 0. The summed E-state index contributed by atoms with van der Waals surface area (Å²) < 4.78 is 5.32. The third-order valence-corrected chi connectivity index (χ3v) is 3.43. The second kappa shape index (κ2) is 5.26. The van der Waals surface area contributed by atoms with Crippen molar-refractivity contribution in [1.29, 1.82) is 0 Å². The molecule has 2 unspecified atom stereocenters. The van der Waals surface area contributed by atoms with Crippen LogP contribution in [0, 0.1) is 11.3 Å². The molecule has 0 aliphatic heterocycles. The first kappa shape index (κ1) is 15.0. The number of carbonyl (C=O) groups excluding carboxylic acids is 1. The molecule has 1 fully saturated rings. The van der Waals surface area contributed by atoms with Gasteiger partial charge in [-0.15, -0.1) is 0 Å². The molecule has 1 aliphatic rings. The number of ether oxygens (including phenoxy) is 1. The second-order valence-electron chi connectivity index (χ2n) is 6.12. The highest BCUT2D eigenvalue weighted by molar-refractivity contribution is 5.78. The Labute approximate surface area is 108 Å². The van der Waals surface area contributed by atoms with Crippen LogP contribution in [0.2, 0.25) is 0 Å². The van der Waals surface area contributed by atoms with Crippen LogP contribution >= 0.6 is 0 Å². The van der Waals surface area contributed by atoms with Crippen LogP contribution in [0.1, 0.15) is 46.5 Å². The van der Waals surface area contributed by atoms with Gasteiger partial charge in [0, 0.05) is 6.54 Å². The molecule has 2 atom stereocenters. The van der Waals surface area contributed by atoms with Crippen molar-refractivity contribution in [2.75, 3.05) is 6.54 Å². The van der Waals surface area contributed by atoms with Crippen LogP contribution in [0.25, 0.3) is 0 Å². The third-order valence-electron chi connectivity index (χ3n) is 3.43. The van der Waals surface area contributed by atoms with Gasteiger partial charge in [0.1, 0.15) is 5.60 Å². The number of nitrogens with two attached hydrogens (primary N) is 1. The van der Waals surface area contributed by atoms with Crippen molar-refractivity contribution in [3.63, 3.8) is 0 Å². The number of carboxylic acid groups (broad SMARTS) is 1. The van der Waals surface area contributed by atoms with Gasteiger partial charge in [0.2, 0.25) is 0 Å². The zero-order chi connectivity index (χ0) is 14.0. The normalized spacial score (nSPS) is 28.8. The fourth-order valence-electron chi connectivity index (χ4n) is 2.42. The van der Waals surface area contributed by atoms with Gasteiger partial charge in [0.25, 0.3) is 0 Å². The first-order chi connectivity index (χ1) is 8.20. The maximum absolute atomic E-state index is 12.0. The molecule has 104 valence electrons. The average molecular weight is 257 g/mol. The van der Waals surface area contributed by atoms with E-state index in [1.807, 2.05) is 0 Å². The molecular formula is C13H23NO4. The van der Waals surface area contributed by atoms with E-state index >= 15 is 0 Å². The fourth-order valence-corrected chi connectivity index (χ4v) is 2.42. The van der Waals surface area contributed by atoms with Crippen molar-refractivity contribution in [3.8, 4) is 0 Å². The Bertz CT molecular complexity index is 334. The maximum atomic E-state index is 12.0. The number of hydrogen-bond donors (Lipinski definition) is 2. The largest absolute Gasteiger partial charge is 0.481 e. The van der Waals surface area contributed by atoms with E-state index in [2.05, 4.69) is 0 Å². The van der Waals surface area contributed by atoms with Gasteiger partial charge in [-0.1, -0.05) is 6.42 Å². The zero-order valence-corrected chi connectivity index (χ0v) is 11.4. The second-order valence-corrected chi connectivity index (χ2v) is 6.12. The van der Waals surface area contributed by atoms with E-state index in [1.54, 1.807) is 20.8 Å². The molecule has 1 rings (SSSR count). The first-order valence-electron chi connectivity index (χ1n) is 6.36. The molecule has 1 aliphatic carbocycles. The van der Waals surface area contributed by atoms with Crippen LogP contribution in [-0.4, -0.2) is 29.2 Å². The summed E-state index contributed by atoms with van der Waals surface area (Å²) in [5.74, 6) is -1.56. The predicted octanol–water partition coefficient (Wildman–Crippen LogP) is 1.55. The lowest BCUT2D eigenvalue weighted by Crippen LogP contribution is -2.45. The number of carbonyl (C=O) groups is 2. The molecule has 0 saturated heterocycles. The molecule has 0 heterocycles. The van der Waals surface area contributed by atoms with Crippen molar-refractivity contribution in [1.82, 2.24) is 0 Å². The standard InChI is InChI=1S/C13H23NO4/c1-12(2,3)18-10(15)9-5-4-6-13(7-9,8-14)11(16)17/h9H,4-8,14H2,1-3H3,(H,16,17). The molecule has 3 N–H and O–H groups in total.